The predicted molar refractivity (Wildman–Crippen MR) is 94.1 cm³/mol. The lowest BCUT2D eigenvalue weighted by Gasteiger charge is -2.14. The van der Waals surface area contributed by atoms with E-state index in [-0.39, 0.29) is 11.5 Å². The summed E-state index contributed by atoms with van der Waals surface area (Å²) in [7, 11) is 1.54. The number of hydroxylamine groups is 1. The van der Waals surface area contributed by atoms with Crippen LogP contribution in [0.15, 0.2) is 58.8 Å². The Kier molecular flexibility index (Phi) is 4.62. The van der Waals surface area contributed by atoms with E-state index in [1.807, 2.05) is 24.3 Å². The summed E-state index contributed by atoms with van der Waals surface area (Å²) in [6.45, 7) is 2.92. The van der Waals surface area contributed by atoms with E-state index >= 15 is 0 Å². The Bertz CT molecular complexity index is 770. The van der Waals surface area contributed by atoms with Gasteiger partial charge >= 0.3 is 0 Å². The van der Waals surface area contributed by atoms with Crippen LogP contribution in [0.2, 0.25) is 0 Å². The number of carbonyl (C=O) groups is 1. The van der Waals surface area contributed by atoms with Crippen LogP contribution in [-0.4, -0.2) is 30.4 Å². The third-order valence-corrected chi connectivity index (χ3v) is 4.05. The topological polar surface area (TPSA) is 62.1 Å². The molecule has 0 amide bonds. The van der Waals surface area contributed by atoms with Gasteiger partial charge in [0, 0.05) is 12.1 Å². The molecule has 1 aliphatic carbocycles. The van der Waals surface area contributed by atoms with Crippen molar-refractivity contribution in [2.45, 2.75) is 19.8 Å². The van der Waals surface area contributed by atoms with E-state index in [1.54, 1.807) is 25.3 Å². The molecule has 124 valence electrons. The molecule has 5 heteroatoms. The number of benzene rings is 1. The SMILES string of the molecule is CCCCN=C1C=CC(=C2C(=O)c3cc(OC)ccc3N2O)C=C1. The minimum absolute atomic E-state index is 0.220. The molecule has 0 bridgehead atoms. The van der Waals surface area contributed by atoms with Gasteiger partial charge in [-0.15, -0.1) is 0 Å². The molecule has 3 rings (SSSR count). The summed E-state index contributed by atoms with van der Waals surface area (Å²) in [5.41, 5.74) is 2.68. The van der Waals surface area contributed by atoms with Gasteiger partial charge in [0.1, 0.15) is 11.4 Å². The van der Waals surface area contributed by atoms with Crippen molar-refractivity contribution in [3.05, 3.63) is 59.3 Å². The highest BCUT2D eigenvalue weighted by Gasteiger charge is 2.33. The fourth-order valence-corrected chi connectivity index (χ4v) is 2.70. The molecule has 0 saturated carbocycles. The van der Waals surface area contributed by atoms with Crippen LogP contribution in [0.1, 0.15) is 30.1 Å². The third kappa shape index (κ3) is 2.90. The fourth-order valence-electron chi connectivity index (χ4n) is 2.70. The number of hydrogen-bond donors (Lipinski definition) is 1. The highest BCUT2D eigenvalue weighted by Crippen LogP contribution is 2.37. The number of ether oxygens (including phenoxy) is 1. The second-order valence-electron chi connectivity index (χ2n) is 5.65. The van der Waals surface area contributed by atoms with Crippen molar-refractivity contribution in [1.82, 2.24) is 0 Å². The van der Waals surface area contributed by atoms with E-state index in [1.165, 1.54) is 0 Å². The first-order chi connectivity index (χ1) is 11.7. The van der Waals surface area contributed by atoms with Crippen molar-refractivity contribution in [3.63, 3.8) is 0 Å². The van der Waals surface area contributed by atoms with Crippen molar-refractivity contribution in [3.8, 4) is 5.75 Å². The maximum Gasteiger partial charge on any atom is 0.214 e. The number of methoxy groups -OCH3 is 1. The summed E-state index contributed by atoms with van der Waals surface area (Å²) in [6, 6.07) is 5.03. The molecule has 0 radical (unpaired) electrons. The highest BCUT2D eigenvalue weighted by molar-refractivity contribution is 6.20. The Labute approximate surface area is 141 Å². The van der Waals surface area contributed by atoms with Crippen LogP contribution in [0.4, 0.5) is 5.69 Å². The molecule has 0 fully saturated rings. The summed E-state index contributed by atoms with van der Waals surface area (Å²) in [5.74, 6) is 0.365. The zero-order valence-corrected chi connectivity index (χ0v) is 13.8. The molecule has 2 aliphatic rings. The third-order valence-electron chi connectivity index (χ3n) is 4.05. The van der Waals surface area contributed by atoms with Gasteiger partial charge in [-0.1, -0.05) is 25.5 Å². The molecule has 1 aromatic rings. The van der Waals surface area contributed by atoms with E-state index < -0.39 is 0 Å². The Morgan fingerprint density at radius 3 is 2.62 bits per heavy atom. The molecule has 1 N–H and O–H groups in total. The summed E-state index contributed by atoms with van der Waals surface area (Å²) < 4.78 is 5.15. The van der Waals surface area contributed by atoms with Gasteiger partial charge in [-0.05, 0) is 36.8 Å². The number of allylic oxidation sites excluding steroid dienone is 6. The van der Waals surface area contributed by atoms with Crippen molar-refractivity contribution in [2.75, 3.05) is 18.7 Å². The Hall–Kier alpha value is -2.66. The second-order valence-corrected chi connectivity index (χ2v) is 5.65. The zero-order valence-electron chi connectivity index (χ0n) is 13.8. The highest BCUT2D eigenvalue weighted by atomic mass is 16.5. The summed E-state index contributed by atoms with van der Waals surface area (Å²) in [4.78, 5) is 17.1. The number of unbranched alkanes of at least 4 members (excludes halogenated alkanes) is 1. The van der Waals surface area contributed by atoms with Crippen LogP contribution in [0, 0.1) is 0 Å². The standard InChI is InChI=1S/C19H20N2O3/c1-3-4-11-20-14-7-5-13(6-8-14)18-19(22)16-12-15(24-2)9-10-17(16)21(18)23/h5-10,12,23H,3-4,11H2,1-2H3. The first-order valence-corrected chi connectivity index (χ1v) is 8.02. The maximum absolute atomic E-state index is 12.7. The number of nitrogens with zero attached hydrogens (tertiary/aromatic N) is 2. The van der Waals surface area contributed by atoms with E-state index in [0.717, 1.165) is 30.2 Å². The number of hydrogen-bond acceptors (Lipinski definition) is 5. The number of fused-ring (bicyclic) bond motifs is 1. The van der Waals surface area contributed by atoms with Crippen molar-refractivity contribution in [1.29, 1.82) is 0 Å². The molecule has 0 unspecified atom stereocenters. The summed E-state index contributed by atoms with van der Waals surface area (Å²) in [6.07, 6.45) is 9.51. The van der Waals surface area contributed by atoms with E-state index in [2.05, 4.69) is 11.9 Å². The maximum atomic E-state index is 12.7. The zero-order chi connectivity index (χ0) is 17.1. The lowest BCUT2D eigenvalue weighted by atomic mass is 10.0. The number of carbonyl (C=O) groups excluding carboxylic acids is 1. The minimum atomic E-state index is -0.220. The predicted octanol–water partition coefficient (Wildman–Crippen LogP) is 3.71. The van der Waals surface area contributed by atoms with Gasteiger partial charge in [0.05, 0.1) is 24.1 Å². The molecule has 0 saturated heterocycles. The van der Waals surface area contributed by atoms with Gasteiger partial charge in [0.15, 0.2) is 0 Å². The number of anilines is 1. The lowest BCUT2D eigenvalue weighted by Crippen LogP contribution is -2.17. The van der Waals surface area contributed by atoms with Crippen molar-refractivity contribution < 1.29 is 14.7 Å². The molecule has 1 aliphatic heterocycles. The number of Topliss-reactive ketones (excluding diaryl/α,β-unsaturated/α-hetero) is 1. The lowest BCUT2D eigenvalue weighted by molar-refractivity contribution is 0.102. The van der Waals surface area contributed by atoms with Gasteiger partial charge in [-0.3, -0.25) is 15.0 Å². The molecule has 24 heavy (non-hydrogen) atoms. The molecule has 1 heterocycles. The quantitative estimate of drug-likeness (QED) is 0.677. The van der Waals surface area contributed by atoms with Crippen LogP contribution in [-0.2, 0) is 0 Å². The molecular formula is C19H20N2O3. The normalized spacial score (nSPS) is 16.0. The van der Waals surface area contributed by atoms with Gasteiger partial charge in [-0.2, -0.15) is 0 Å². The molecule has 1 aromatic carbocycles. The summed E-state index contributed by atoms with van der Waals surface area (Å²) in [5, 5.41) is 11.3. The van der Waals surface area contributed by atoms with Crippen LogP contribution in [0.5, 0.6) is 5.75 Å². The molecular weight excluding hydrogens is 304 g/mol. The van der Waals surface area contributed by atoms with Crippen LogP contribution in [0.25, 0.3) is 0 Å². The number of ketones is 1. The molecule has 0 spiro atoms. The Morgan fingerprint density at radius 2 is 1.96 bits per heavy atom. The number of rotatable bonds is 4. The van der Waals surface area contributed by atoms with Crippen LogP contribution >= 0.6 is 0 Å². The first kappa shape index (κ1) is 16.2. The molecule has 0 aromatic heterocycles. The summed E-state index contributed by atoms with van der Waals surface area (Å²) >= 11 is 0. The average molecular weight is 324 g/mol. The van der Waals surface area contributed by atoms with E-state index in [9.17, 15) is 10.0 Å². The molecule has 5 nitrogen and oxygen atoms in total. The fraction of sp³-hybridized carbons (Fsp3) is 0.263. The average Bonchev–Trinajstić information content (AvgIpc) is 2.86. The van der Waals surface area contributed by atoms with Gasteiger partial charge in [-0.25, -0.2) is 5.06 Å². The largest absolute Gasteiger partial charge is 0.497 e. The number of aliphatic imine (C=N–C) groups is 1. The van der Waals surface area contributed by atoms with Crippen molar-refractivity contribution in [2.24, 2.45) is 4.99 Å². The smallest absolute Gasteiger partial charge is 0.214 e. The monoisotopic (exact) mass is 324 g/mol. The minimum Gasteiger partial charge on any atom is -0.497 e. The molecule has 0 atom stereocenters. The van der Waals surface area contributed by atoms with Crippen LogP contribution in [0.3, 0.4) is 0 Å². The first-order valence-electron chi connectivity index (χ1n) is 8.02. The van der Waals surface area contributed by atoms with Gasteiger partial charge in [0.25, 0.3) is 0 Å². The second kappa shape index (κ2) is 6.84. The van der Waals surface area contributed by atoms with Gasteiger partial charge < -0.3 is 4.74 Å². The Morgan fingerprint density at radius 1 is 1.21 bits per heavy atom. The van der Waals surface area contributed by atoms with Crippen LogP contribution < -0.4 is 9.80 Å². The Balaban J connectivity index is 1.90. The van der Waals surface area contributed by atoms with E-state index in [4.69, 9.17) is 4.74 Å². The van der Waals surface area contributed by atoms with E-state index in [0.29, 0.717) is 22.6 Å². The van der Waals surface area contributed by atoms with Crippen molar-refractivity contribution >= 4 is 17.2 Å². The van der Waals surface area contributed by atoms with Gasteiger partial charge in [0.2, 0.25) is 5.78 Å².